The Hall–Kier alpha value is -1.56. The van der Waals surface area contributed by atoms with Crippen LogP contribution in [0.5, 0.6) is 0 Å². The molecule has 0 aliphatic carbocycles. The molecule has 112 valence electrons. The van der Waals surface area contributed by atoms with E-state index in [0.29, 0.717) is 16.3 Å². The Balaban J connectivity index is 2.28. The molecule has 0 aliphatic heterocycles. The van der Waals surface area contributed by atoms with Gasteiger partial charge in [-0.2, -0.15) is 4.31 Å². The average Bonchev–Trinajstić information content (AvgIpc) is 2.43. The van der Waals surface area contributed by atoms with Crippen LogP contribution in [0.3, 0.4) is 0 Å². The second-order valence-electron chi connectivity index (χ2n) is 4.92. The van der Waals surface area contributed by atoms with Crippen LogP contribution < -0.4 is 5.73 Å². The first-order valence-corrected chi connectivity index (χ1v) is 8.19. The lowest BCUT2D eigenvalue weighted by Crippen LogP contribution is -2.26. The van der Waals surface area contributed by atoms with Crippen molar-refractivity contribution in [2.75, 3.05) is 12.8 Å². The minimum atomic E-state index is -3.55. The fraction of sp³-hybridized carbons (Fsp3) is 0.200. The predicted octanol–water partition coefficient (Wildman–Crippen LogP) is 3.05. The molecule has 0 saturated heterocycles. The zero-order chi connectivity index (χ0) is 15.6. The second-order valence-corrected chi connectivity index (χ2v) is 7.38. The summed E-state index contributed by atoms with van der Waals surface area (Å²) in [6.07, 6.45) is 0. The maximum absolute atomic E-state index is 12.5. The molecule has 6 heteroatoms. The smallest absolute Gasteiger partial charge is 0.243 e. The lowest BCUT2D eigenvalue weighted by molar-refractivity contribution is 0.467. The van der Waals surface area contributed by atoms with Crippen LogP contribution in [0.4, 0.5) is 5.69 Å². The molecule has 21 heavy (non-hydrogen) atoms. The van der Waals surface area contributed by atoms with Gasteiger partial charge in [0, 0.05) is 24.3 Å². The van der Waals surface area contributed by atoms with Crippen LogP contribution in [0.15, 0.2) is 47.4 Å². The van der Waals surface area contributed by atoms with Gasteiger partial charge in [-0.05, 0) is 42.8 Å². The Kier molecular flexibility index (Phi) is 4.56. The molecule has 2 aromatic rings. The molecule has 0 unspecified atom stereocenters. The fourth-order valence-electron chi connectivity index (χ4n) is 1.93. The number of rotatable bonds is 4. The monoisotopic (exact) mass is 324 g/mol. The number of benzene rings is 2. The molecule has 0 spiro atoms. The van der Waals surface area contributed by atoms with E-state index in [1.165, 1.54) is 11.4 Å². The Labute approximate surface area is 130 Å². The predicted molar refractivity (Wildman–Crippen MR) is 85.7 cm³/mol. The molecule has 0 amide bonds. The highest BCUT2D eigenvalue weighted by Gasteiger charge is 2.21. The minimum absolute atomic E-state index is 0.167. The Morgan fingerprint density at radius 3 is 2.38 bits per heavy atom. The van der Waals surface area contributed by atoms with Crippen LogP contribution in [-0.4, -0.2) is 19.8 Å². The van der Waals surface area contributed by atoms with Crippen LogP contribution in [0.1, 0.15) is 11.1 Å². The number of nitrogens with zero attached hydrogens (tertiary/aromatic N) is 1. The maximum atomic E-state index is 12.5. The summed E-state index contributed by atoms with van der Waals surface area (Å²) >= 11 is 6.08. The van der Waals surface area contributed by atoms with E-state index in [9.17, 15) is 8.42 Å². The molecular weight excluding hydrogens is 308 g/mol. The number of halogens is 1. The van der Waals surface area contributed by atoms with Gasteiger partial charge in [0.25, 0.3) is 0 Å². The summed E-state index contributed by atoms with van der Waals surface area (Å²) in [7, 11) is -2.03. The van der Waals surface area contributed by atoms with E-state index >= 15 is 0 Å². The van der Waals surface area contributed by atoms with E-state index in [0.717, 1.165) is 5.56 Å². The van der Waals surface area contributed by atoms with E-state index < -0.39 is 10.0 Å². The first-order valence-electron chi connectivity index (χ1n) is 6.37. The van der Waals surface area contributed by atoms with Crippen molar-refractivity contribution < 1.29 is 8.42 Å². The zero-order valence-corrected chi connectivity index (χ0v) is 13.4. The summed E-state index contributed by atoms with van der Waals surface area (Å²) in [4.78, 5) is 0.260. The highest BCUT2D eigenvalue weighted by molar-refractivity contribution is 7.89. The molecular formula is C15H17ClN2O2S. The number of aryl methyl sites for hydroxylation is 1. The normalized spacial score (nSPS) is 11.8. The third-order valence-electron chi connectivity index (χ3n) is 3.19. The fourth-order valence-corrected chi connectivity index (χ4v) is 3.26. The third kappa shape index (κ3) is 3.56. The van der Waals surface area contributed by atoms with Gasteiger partial charge in [-0.25, -0.2) is 8.42 Å². The van der Waals surface area contributed by atoms with Gasteiger partial charge in [0.1, 0.15) is 0 Å². The lowest BCUT2D eigenvalue weighted by Gasteiger charge is -2.18. The summed E-state index contributed by atoms with van der Waals surface area (Å²) in [5.74, 6) is 0. The SMILES string of the molecule is Cc1ccc(S(=O)(=O)N(C)Cc2cc(N)ccc2Cl)cc1. The quantitative estimate of drug-likeness (QED) is 0.879. The zero-order valence-electron chi connectivity index (χ0n) is 11.9. The van der Waals surface area contributed by atoms with Crippen LogP contribution >= 0.6 is 11.6 Å². The summed E-state index contributed by atoms with van der Waals surface area (Å²) in [6.45, 7) is 2.08. The molecule has 0 aliphatic rings. The molecule has 0 aromatic heterocycles. The largest absolute Gasteiger partial charge is 0.399 e. The van der Waals surface area contributed by atoms with Crippen LogP contribution in [-0.2, 0) is 16.6 Å². The molecule has 2 N–H and O–H groups in total. The molecule has 0 radical (unpaired) electrons. The minimum Gasteiger partial charge on any atom is -0.399 e. The molecule has 2 rings (SSSR count). The highest BCUT2D eigenvalue weighted by Crippen LogP contribution is 2.23. The lowest BCUT2D eigenvalue weighted by atomic mass is 10.2. The first kappa shape index (κ1) is 15.8. The van der Waals surface area contributed by atoms with Crippen molar-refractivity contribution in [3.8, 4) is 0 Å². The van der Waals surface area contributed by atoms with Crippen LogP contribution in [0.25, 0.3) is 0 Å². The summed E-state index contributed by atoms with van der Waals surface area (Å²) in [6, 6.07) is 11.8. The number of anilines is 1. The molecule has 2 aromatic carbocycles. The standard InChI is InChI=1S/C15H17ClN2O2S/c1-11-3-6-14(7-4-11)21(19,20)18(2)10-12-9-13(17)5-8-15(12)16/h3-9H,10,17H2,1-2H3. The summed E-state index contributed by atoms with van der Waals surface area (Å²) < 4.78 is 26.3. The number of nitrogen functional groups attached to an aromatic ring is 1. The Bertz CT molecular complexity index is 743. The average molecular weight is 325 g/mol. The number of hydrogen-bond donors (Lipinski definition) is 1. The van der Waals surface area contributed by atoms with Gasteiger partial charge in [0.15, 0.2) is 0 Å². The Morgan fingerprint density at radius 2 is 1.76 bits per heavy atom. The van der Waals surface area contributed by atoms with Crippen molar-refractivity contribution in [3.05, 3.63) is 58.6 Å². The van der Waals surface area contributed by atoms with E-state index in [2.05, 4.69) is 0 Å². The topological polar surface area (TPSA) is 63.4 Å². The van der Waals surface area contributed by atoms with Crippen molar-refractivity contribution >= 4 is 27.3 Å². The summed E-state index contributed by atoms with van der Waals surface area (Å²) in [5, 5.41) is 0.496. The molecule has 0 atom stereocenters. The second kappa shape index (κ2) is 6.05. The molecule has 0 bridgehead atoms. The van der Waals surface area contributed by atoms with Gasteiger partial charge in [0.2, 0.25) is 10.0 Å². The molecule has 0 fully saturated rings. The van der Waals surface area contributed by atoms with Crippen molar-refractivity contribution in [2.45, 2.75) is 18.4 Å². The molecule has 0 heterocycles. The van der Waals surface area contributed by atoms with E-state index in [4.69, 9.17) is 17.3 Å². The maximum Gasteiger partial charge on any atom is 0.243 e. The molecule has 4 nitrogen and oxygen atoms in total. The van der Waals surface area contributed by atoms with Gasteiger partial charge in [-0.1, -0.05) is 29.3 Å². The van der Waals surface area contributed by atoms with E-state index in [1.807, 2.05) is 6.92 Å². The van der Waals surface area contributed by atoms with Crippen LogP contribution in [0, 0.1) is 6.92 Å². The van der Waals surface area contributed by atoms with E-state index in [1.54, 1.807) is 42.5 Å². The van der Waals surface area contributed by atoms with Crippen molar-refractivity contribution in [2.24, 2.45) is 0 Å². The van der Waals surface area contributed by atoms with Crippen molar-refractivity contribution in [1.29, 1.82) is 0 Å². The van der Waals surface area contributed by atoms with E-state index in [-0.39, 0.29) is 11.4 Å². The summed E-state index contributed by atoms with van der Waals surface area (Å²) in [5.41, 5.74) is 7.95. The van der Waals surface area contributed by atoms with Gasteiger partial charge in [0.05, 0.1) is 4.90 Å². The van der Waals surface area contributed by atoms with Gasteiger partial charge >= 0.3 is 0 Å². The highest BCUT2D eigenvalue weighted by atomic mass is 35.5. The van der Waals surface area contributed by atoms with Gasteiger partial charge < -0.3 is 5.73 Å². The molecule has 0 saturated carbocycles. The third-order valence-corrected chi connectivity index (χ3v) is 5.38. The Morgan fingerprint density at radius 1 is 1.14 bits per heavy atom. The number of nitrogens with two attached hydrogens (primary N) is 1. The van der Waals surface area contributed by atoms with Gasteiger partial charge in [-0.15, -0.1) is 0 Å². The first-order chi connectivity index (χ1) is 9.80. The van der Waals surface area contributed by atoms with Gasteiger partial charge in [-0.3, -0.25) is 0 Å². The number of hydrogen-bond acceptors (Lipinski definition) is 3. The van der Waals surface area contributed by atoms with Crippen molar-refractivity contribution in [1.82, 2.24) is 4.31 Å². The number of sulfonamides is 1. The van der Waals surface area contributed by atoms with Crippen LogP contribution in [0.2, 0.25) is 5.02 Å². The van der Waals surface area contributed by atoms with Crippen molar-refractivity contribution in [3.63, 3.8) is 0 Å².